The van der Waals surface area contributed by atoms with Crippen LogP contribution in [-0.4, -0.2) is 24.7 Å². The fourth-order valence-corrected chi connectivity index (χ4v) is 2.52. The third-order valence-electron chi connectivity index (χ3n) is 3.63. The van der Waals surface area contributed by atoms with E-state index in [-0.39, 0.29) is 24.7 Å². The molecule has 0 aromatic heterocycles. The molecule has 4 nitrogen and oxygen atoms in total. The van der Waals surface area contributed by atoms with E-state index in [2.05, 4.69) is 0 Å². The highest BCUT2D eigenvalue weighted by atomic mass is 16.1. The van der Waals surface area contributed by atoms with Gasteiger partial charge in [-0.05, 0) is 34.4 Å². The molecule has 0 fully saturated rings. The molecule has 2 aromatic rings. The number of hydrogen-bond acceptors (Lipinski definition) is 4. The minimum Gasteiger partial charge on any atom is -0.324 e. The Bertz CT molecular complexity index is 657. The Kier molecular flexibility index (Phi) is 2.97. The highest BCUT2D eigenvalue weighted by molar-refractivity contribution is 6.09. The van der Waals surface area contributed by atoms with E-state index in [1.54, 1.807) is 12.1 Å². The van der Waals surface area contributed by atoms with Gasteiger partial charge in [0.25, 0.3) is 0 Å². The molecular weight excluding hydrogens is 252 g/mol. The van der Waals surface area contributed by atoms with Crippen molar-refractivity contribution in [3.8, 4) is 22.3 Å². The second kappa shape index (κ2) is 4.67. The summed E-state index contributed by atoms with van der Waals surface area (Å²) >= 11 is 0. The number of fused-ring (bicyclic) bond motifs is 4. The molecule has 20 heavy (non-hydrogen) atoms. The van der Waals surface area contributed by atoms with Crippen LogP contribution in [0.25, 0.3) is 22.3 Å². The Morgan fingerprint density at radius 3 is 1.45 bits per heavy atom. The monoisotopic (exact) mass is 266 g/mol. The summed E-state index contributed by atoms with van der Waals surface area (Å²) in [7, 11) is 0. The predicted octanol–water partition coefficient (Wildman–Crippen LogP) is 1.62. The van der Waals surface area contributed by atoms with Gasteiger partial charge >= 0.3 is 0 Å². The van der Waals surface area contributed by atoms with Crippen LogP contribution in [0.1, 0.15) is 20.7 Å². The molecule has 0 amide bonds. The van der Waals surface area contributed by atoms with Crippen molar-refractivity contribution in [2.75, 3.05) is 13.1 Å². The van der Waals surface area contributed by atoms with Crippen LogP contribution in [0.15, 0.2) is 36.4 Å². The first-order valence-corrected chi connectivity index (χ1v) is 6.41. The topological polar surface area (TPSA) is 86.2 Å². The summed E-state index contributed by atoms with van der Waals surface area (Å²) < 4.78 is 0. The van der Waals surface area contributed by atoms with Crippen molar-refractivity contribution in [1.29, 1.82) is 0 Å². The highest BCUT2D eigenvalue weighted by Crippen LogP contribution is 2.47. The Morgan fingerprint density at radius 2 is 1.10 bits per heavy atom. The van der Waals surface area contributed by atoms with Gasteiger partial charge in [0.05, 0.1) is 13.1 Å². The molecule has 0 atom stereocenters. The van der Waals surface area contributed by atoms with E-state index in [9.17, 15) is 9.59 Å². The largest absolute Gasteiger partial charge is 0.324 e. The van der Waals surface area contributed by atoms with Gasteiger partial charge in [0.1, 0.15) is 0 Å². The first kappa shape index (κ1) is 12.7. The summed E-state index contributed by atoms with van der Waals surface area (Å²) in [4.78, 5) is 23.2. The van der Waals surface area contributed by atoms with Gasteiger partial charge < -0.3 is 11.5 Å². The van der Waals surface area contributed by atoms with Gasteiger partial charge in [-0.1, -0.05) is 24.3 Å². The number of hydrogen-bond donors (Lipinski definition) is 2. The Morgan fingerprint density at radius 1 is 0.700 bits per heavy atom. The molecule has 4 N–H and O–H groups in total. The number of Topliss-reactive ketones (excluding diaryl/α,β-unsaturated/α-hetero) is 2. The van der Waals surface area contributed by atoms with Crippen LogP contribution in [0.5, 0.6) is 0 Å². The first-order valence-electron chi connectivity index (χ1n) is 6.41. The van der Waals surface area contributed by atoms with Crippen LogP contribution in [0.2, 0.25) is 0 Å². The van der Waals surface area contributed by atoms with Crippen molar-refractivity contribution in [2.24, 2.45) is 11.5 Å². The van der Waals surface area contributed by atoms with E-state index in [0.29, 0.717) is 11.1 Å². The van der Waals surface area contributed by atoms with E-state index in [1.165, 1.54) is 0 Å². The second-order valence-corrected chi connectivity index (χ2v) is 4.78. The zero-order valence-corrected chi connectivity index (χ0v) is 10.8. The number of rotatable bonds is 4. The summed E-state index contributed by atoms with van der Waals surface area (Å²) in [5.74, 6) is -0.146. The van der Waals surface area contributed by atoms with Crippen LogP contribution in [0.3, 0.4) is 0 Å². The molecule has 2 aromatic carbocycles. The minimum absolute atomic E-state index is 0.00951. The standard InChI is InChI=1S/C16H14N2O2/c17-7-15(19)9-1-3-11-13(5-9)12-4-2-10(6-14(11)12)16(20)8-18/h1-6H,7-8,17-18H2. The van der Waals surface area contributed by atoms with Crippen LogP contribution in [0, 0.1) is 0 Å². The molecule has 3 rings (SSSR count). The molecular formula is C16H14N2O2. The molecule has 100 valence electrons. The third kappa shape index (κ3) is 1.78. The fourth-order valence-electron chi connectivity index (χ4n) is 2.52. The van der Waals surface area contributed by atoms with Crippen LogP contribution in [0.4, 0.5) is 0 Å². The lowest BCUT2D eigenvalue weighted by molar-refractivity contribution is 0.0994. The molecule has 0 aliphatic heterocycles. The molecule has 0 radical (unpaired) electrons. The molecule has 0 saturated heterocycles. The van der Waals surface area contributed by atoms with Gasteiger partial charge in [-0.2, -0.15) is 0 Å². The SMILES string of the molecule is NCC(=O)c1ccc2c(c1)-c1ccc(C(=O)CN)cc1-2. The van der Waals surface area contributed by atoms with E-state index >= 15 is 0 Å². The lowest BCUT2D eigenvalue weighted by Crippen LogP contribution is -2.15. The Labute approximate surface area is 116 Å². The summed E-state index contributed by atoms with van der Waals surface area (Å²) in [6, 6.07) is 11.1. The van der Waals surface area contributed by atoms with Crippen molar-refractivity contribution in [1.82, 2.24) is 0 Å². The van der Waals surface area contributed by atoms with Gasteiger partial charge in [0.15, 0.2) is 11.6 Å². The molecule has 1 aliphatic carbocycles. The summed E-state index contributed by atoms with van der Waals surface area (Å²) in [5.41, 5.74) is 16.2. The number of ketones is 2. The van der Waals surface area contributed by atoms with E-state index in [4.69, 9.17) is 11.5 Å². The number of benzene rings is 2. The zero-order valence-electron chi connectivity index (χ0n) is 10.8. The Balaban J connectivity index is 2.01. The van der Waals surface area contributed by atoms with Crippen molar-refractivity contribution in [2.45, 2.75) is 0 Å². The number of carbonyl (C=O) groups is 2. The molecule has 0 unspecified atom stereocenters. The van der Waals surface area contributed by atoms with Gasteiger partial charge in [0, 0.05) is 11.1 Å². The van der Waals surface area contributed by atoms with Crippen molar-refractivity contribution in [3.05, 3.63) is 47.5 Å². The maximum Gasteiger partial charge on any atom is 0.176 e. The lowest BCUT2D eigenvalue weighted by atomic mass is 9.78. The maximum atomic E-state index is 11.6. The van der Waals surface area contributed by atoms with Crippen molar-refractivity contribution >= 4 is 11.6 Å². The number of nitrogens with two attached hydrogens (primary N) is 2. The second-order valence-electron chi connectivity index (χ2n) is 4.78. The lowest BCUT2D eigenvalue weighted by Gasteiger charge is -2.25. The average Bonchev–Trinajstić information content (AvgIpc) is 2.50. The summed E-state index contributed by atoms with van der Waals surface area (Å²) in [5, 5.41) is 0. The van der Waals surface area contributed by atoms with Crippen molar-refractivity contribution < 1.29 is 9.59 Å². The van der Waals surface area contributed by atoms with Gasteiger partial charge in [0.2, 0.25) is 0 Å². The smallest absolute Gasteiger partial charge is 0.176 e. The van der Waals surface area contributed by atoms with Gasteiger partial charge in [-0.25, -0.2) is 0 Å². The number of carbonyl (C=O) groups excluding carboxylic acids is 2. The third-order valence-corrected chi connectivity index (χ3v) is 3.63. The fraction of sp³-hybridized carbons (Fsp3) is 0.125. The van der Waals surface area contributed by atoms with Gasteiger partial charge in [-0.15, -0.1) is 0 Å². The minimum atomic E-state index is -0.0730. The molecule has 0 spiro atoms. The summed E-state index contributed by atoms with van der Waals surface area (Å²) in [6.45, 7) is 0.0190. The van der Waals surface area contributed by atoms with E-state index in [1.807, 2.05) is 24.3 Å². The van der Waals surface area contributed by atoms with E-state index in [0.717, 1.165) is 22.3 Å². The normalized spacial score (nSPS) is 11.3. The molecule has 0 heterocycles. The molecule has 0 bridgehead atoms. The Hall–Kier alpha value is -2.30. The van der Waals surface area contributed by atoms with E-state index < -0.39 is 0 Å². The molecule has 0 saturated carbocycles. The predicted molar refractivity (Wildman–Crippen MR) is 77.6 cm³/mol. The van der Waals surface area contributed by atoms with Crippen LogP contribution in [-0.2, 0) is 0 Å². The molecule has 4 heteroatoms. The zero-order chi connectivity index (χ0) is 14.3. The molecule has 1 aliphatic rings. The van der Waals surface area contributed by atoms with Crippen LogP contribution >= 0.6 is 0 Å². The summed E-state index contributed by atoms with van der Waals surface area (Å²) in [6.07, 6.45) is 0. The average molecular weight is 266 g/mol. The maximum absolute atomic E-state index is 11.6. The van der Waals surface area contributed by atoms with Crippen LogP contribution < -0.4 is 11.5 Å². The van der Waals surface area contributed by atoms with Crippen molar-refractivity contribution in [3.63, 3.8) is 0 Å². The quantitative estimate of drug-likeness (QED) is 0.702. The van der Waals surface area contributed by atoms with Gasteiger partial charge in [-0.3, -0.25) is 9.59 Å². The highest BCUT2D eigenvalue weighted by Gasteiger charge is 2.24. The first-order chi connectivity index (χ1) is 9.65.